The average molecular weight is 786 g/mol. The van der Waals surface area contributed by atoms with Crippen molar-refractivity contribution in [3.8, 4) is 11.3 Å². The lowest BCUT2D eigenvalue weighted by atomic mass is 9.75. The zero-order valence-corrected chi connectivity index (χ0v) is 33.8. The molecule has 292 valence electrons. The molecule has 2 aromatic heterocycles. The van der Waals surface area contributed by atoms with E-state index in [-0.39, 0.29) is 23.9 Å². The largest absolute Gasteiger partial charge is 0.456 e. The molecule has 2 aliphatic heterocycles. The van der Waals surface area contributed by atoms with Crippen LogP contribution < -0.4 is 0 Å². The van der Waals surface area contributed by atoms with Crippen LogP contribution in [0.2, 0.25) is 0 Å². The van der Waals surface area contributed by atoms with Crippen molar-refractivity contribution in [3.63, 3.8) is 0 Å². The second-order valence-electron chi connectivity index (χ2n) is 17.6. The number of benzene rings is 4. The maximum absolute atomic E-state index is 6.65. The maximum atomic E-state index is 6.65. The van der Waals surface area contributed by atoms with Crippen molar-refractivity contribution in [2.24, 2.45) is 27.7 Å². The third kappa shape index (κ3) is 5.69. The standard InChI is InChI=1S/C57H43N3O/c1-2-8-35(9-3-1)49-30-24-37-18-19-38-25-31-50(59-56(38)55(37)58-49)42-23-27-44-41(33-42)21-20-40-32-39(22-26-43(40)44)34-14-16-36(17-15-34)54-48-29-28-46-45-10-5-7-13-52(45)61-57(46)53(48)47-11-4-6-12-51(47)60-54/h1-4,6-9,11-14,16-31,33-34,38-39,47,51,56H,5,10,15,32H2. The number of rotatable bonds is 4. The van der Waals surface area contributed by atoms with Crippen LogP contribution in [0.15, 0.2) is 178 Å². The fourth-order valence-corrected chi connectivity index (χ4v) is 11.0. The first-order valence-electron chi connectivity index (χ1n) is 22.0. The van der Waals surface area contributed by atoms with Crippen molar-refractivity contribution in [1.29, 1.82) is 0 Å². The van der Waals surface area contributed by atoms with Gasteiger partial charge in [-0.1, -0.05) is 152 Å². The number of aliphatic imine (C=N–C) groups is 2. The van der Waals surface area contributed by atoms with E-state index in [0.717, 1.165) is 76.5 Å². The van der Waals surface area contributed by atoms with Crippen LogP contribution in [0.3, 0.4) is 0 Å². The number of nitrogens with zero attached hydrogens (tertiary/aromatic N) is 3. The van der Waals surface area contributed by atoms with Gasteiger partial charge in [-0.05, 0) is 94.8 Å². The number of furan rings is 1. The molecular weight excluding hydrogens is 743 g/mol. The van der Waals surface area contributed by atoms with E-state index >= 15 is 0 Å². The summed E-state index contributed by atoms with van der Waals surface area (Å²) in [5.74, 6) is 2.29. The molecule has 61 heavy (non-hydrogen) atoms. The molecule has 4 nitrogen and oxygen atoms in total. The highest BCUT2D eigenvalue weighted by Gasteiger charge is 2.35. The molecule has 6 aromatic rings. The van der Waals surface area contributed by atoms with Crippen LogP contribution in [-0.2, 0) is 12.8 Å². The van der Waals surface area contributed by atoms with Crippen molar-refractivity contribution >= 4 is 51.4 Å². The fourth-order valence-electron chi connectivity index (χ4n) is 11.0. The molecule has 4 aromatic carbocycles. The fraction of sp³-hybridized carbons (Fsp3) is 0.175. The van der Waals surface area contributed by atoms with E-state index in [1.165, 1.54) is 49.5 Å². The van der Waals surface area contributed by atoms with Gasteiger partial charge < -0.3 is 4.42 Å². The Bertz CT molecular complexity index is 3180. The van der Waals surface area contributed by atoms with E-state index < -0.39 is 0 Å². The van der Waals surface area contributed by atoms with Gasteiger partial charge in [0.15, 0.2) is 0 Å². The summed E-state index contributed by atoms with van der Waals surface area (Å²) in [5.41, 5.74) is 16.5. The molecule has 0 N–H and O–H groups in total. The molecule has 0 saturated carbocycles. The van der Waals surface area contributed by atoms with Crippen molar-refractivity contribution in [2.45, 2.75) is 43.7 Å². The van der Waals surface area contributed by atoms with E-state index in [4.69, 9.17) is 19.4 Å². The summed E-state index contributed by atoms with van der Waals surface area (Å²) in [7, 11) is 0. The normalized spacial score (nSPS) is 25.0. The van der Waals surface area contributed by atoms with E-state index in [1.807, 2.05) is 6.07 Å². The van der Waals surface area contributed by atoms with Gasteiger partial charge in [0.05, 0.1) is 28.9 Å². The smallest absolute Gasteiger partial charge is 0.139 e. The Hall–Kier alpha value is -6.91. The Morgan fingerprint density at radius 2 is 1.59 bits per heavy atom. The molecule has 4 heteroatoms. The van der Waals surface area contributed by atoms with Crippen LogP contribution in [0.1, 0.15) is 75.2 Å². The number of hydrogen-bond acceptors (Lipinski definition) is 4. The van der Waals surface area contributed by atoms with Gasteiger partial charge in [0.1, 0.15) is 17.4 Å². The maximum Gasteiger partial charge on any atom is 0.139 e. The topological polar surface area (TPSA) is 50.8 Å². The summed E-state index contributed by atoms with van der Waals surface area (Å²) >= 11 is 0. The van der Waals surface area contributed by atoms with Crippen molar-refractivity contribution in [3.05, 3.63) is 214 Å². The molecule has 0 fully saturated rings. The summed E-state index contributed by atoms with van der Waals surface area (Å²) in [6.45, 7) is 0. The predicted molar refractivity (Wildman–Crippen MR) is 251 cm³/mol. The Morgan fingerprint density at radius 3 is 2.52 bits per heavy atom. The number of allylic oxidation sites excluding steroid dienone is 9. The van der Waals surface area contributed by atoms with Gasteiger partial charge in [0.25, 0.3) is 0 Å². The van der Waals surface area contributed by atoms with Crippen LogP contribution in [-0.4, -0.2) is 22.4 Å². The Labute approximate surface area is 355 Å². The minimum Gasteiger partial charge on any atom is -0.456 e. The lowest BCUT2D eigenvalue weighted by Gasteiger charge is -2.32. The molecule has 0 spiro atoms. The summed E-state index contributed by atoms with van der Waals surface area (Å²) in [6.07, 6.45) is 38.4. The zero-order valence-electron chi connectivity index (χ0n) is 33.8. The monoisotopic (exact) mass is 785 g/mol. The molecule has 0 bridgehead atoms. The first-order valence-corrected chi connectivity index (χ1v) is 22.0. The predicted octanol–water partition coefficient (Wildman–Crippen LogP) is 13.1. The molecule has 5 aliphatic carbocycles. The Morgan fingerprint density at radius 1 is 0.689 bits per heavy atom. The van der Waals surface area contributed by atoms with Crippen LogP contribution in [0.5, 0.6) is 0 Å². The molecule has 6 atom stereocenters. The Kier molecular flexibility index (Phi) is 7.91. The van der Waals surface area contributed by atoms with Gasteiger partial charge in [-0.2, -0.15) is 0 Å². The Balaban J connectivity index is 0.754. The molecule has 13 rings (SSSR count). The summed E-state index contributed by atoms with van der Waals surface area (Å²) in [5, 5.41) is 3.82. The number of pyridine rings is 1. The van der Waals surface area contributed by atoms with Crippen molar-refractivity contribution in [2.75, 3.05) is 0 Å². The van der Waals surface area contributed by atoms with E-state index in [0.29, 0.717) is 11.8 Å². The highest BCUT2D eigenvalue weighted by Crippen LogP contribution is 2.45. The van der Waals surface area contributed by atoms with Crippen LogP contribution in [0, 0.1) is 17.8 Å². The quantitative estimate of drug-likeness (QED) is 0.179. The van der Waals surface area contributed by atoms with Crippen molar-refractivity contribution < 1.29 is 4.42 Å². The van der Waals surface area contributed by atoms with Gasteiger partial charge in [-0.3, -0.25) is 9.98 Å². The van der Waals surface area contributed by atoms with Crippen molar-refractivity contribution in [1.82, 2.24) is 4.98 Å². The van der Waals surface area contributed by atoms with Gasteiger partial charge in [0.2, 0.25) is 0 Å². The van der Waals surface area contributed by atoms with E-state index in [2.05, 4.69) is 170 Å². The highest BCUT2D eigenvalue weighted by molar-refractivity contribution is 6.18. The van der Waals surface area contributed by atoms with Crippen LogP contribution in [0.4, 0.5) is 0 Å². The zero-order chi connectivity index (χ0) is 40.0. The van der Waals surface area contributed by atoms with Crippen LogP contribution >= 0.6 is 0 Å². The molecular formula is C57H43N3O. The second kappa shape index (κ2) is 13.8. The second-order valence-corrected chi connectivity index (χ2v) is 17.6. The molecule has 0 radical (unpaired) electrons. The number of aryl methyl sites for hydroxylation is 1. The van der Waals surface area contributed by atoms with Gasteiger partial charge in [-0.15, -0.1) is 0 Å². The van der Waals surface area contributed by atoms with Gasteiger partial charge >= 0.3 is 0 Å². The SMILES string of the molecule is C1=CC2N=C(C3=CCC(C4C=Cc5c(ccc6cc(C7=NC8c9nc(-c%10ccccc%10)ccc9C=CC8C=C7)ccc56)C4)C=C3)c3ccc4c5c(oc4c3C2C=C1)C=CCC5. The third-order valence-corrected chi connectivity index (χ3v) is 14.1. The lowest BCUT2D eigenvalue weighted by Crippen LogP contribution is -2.26. The highest BCUT2D eigenvalue weighted by atomic mass is 16.3. The number of fused-ring (bicyclic) bond motifs is 13. The molecule has 7 aliphatic rings. The lowest BCUT2D eigenvalue weighted by molar-refractivity contribution is 0.471. The van der Waals surface area contributed by atoms with Gasteiger partial charge in [-0.25, -0.2) is 4.98 Å². The van der Waals surface area contributed by atoms with Gasteiger partial charge in [0, 0.05) is 45.0 Å². The number of hydrogen-bond donors (Lipinski definition) is 0. The number of dihydropyridines is 1. The summed E-state index contributed by atoms with van der Waals surface area (Å²) in [4.78, 5) is 15.9. The molecule has 0 saturated heterocycles. The minimum absolute atomic E-state index is 0.0383. The average Bonchev–Trinajstić information content (AvgIpc) is 3.72. The third-order valence-electron chi connectivity index (χ3n) is 14.1. The number of aromatic nitrogens is 1. The first kappa shape index (κ1) is 34.9. The molecule has 4 heterocycles. The van der Waals surface area contributed by atoms with Crippen LogP contribution in [0.25, 0.3) is 51.2 Å². The van der Waals surface area contributed by atoms with E-state index in [1.54, 1.807) is 0 Å². The summed E-state index contributed by atoms with van der Waals surface area (Å²) < 4.78 is 6.65. The molecule has 0 amide bonds. The summed E-state index contributed by atoms with van der Waals surface area (Å²) in [6, 6.07) is 30.9. The minimum atomic E-state index is -0.0383. The van der Waals surface area contributed by atoms with E-state index in [9.17, 15) is 0 Å². The molecule has 6 unspecified atom stereocenters. The first-order chi connectivity index (χ1) is 30.2.